The van der Waals surface area contributed by atoms with Gasteiger partial charge in [0.1, 0.15) is 0 Å². The van der Waals surface area contributed by atoms with E-state index >= 15 is 0 Å². The number of hydrogen-bond acceptors (Lipinski definition) is 3. The van der Waals surface area contributed by atoms with Gasteiger partial charge in [0.25, 0.3) is 0 Å². The van der Waals surface area contributed by atoms with E-state index in [0.717, 1.165) is 35.3 Å². The van der Waals surface area contributed by atoms with Crippen molar-refractivity contribution in [3.8, 4) is 11.4 Å². The van der Waals surface area contributed by atoms with Gasteiger partial charge in [0.15, 0.2) is 11.0 Å². The third kappa shape index (κ3) is 3.76. The highest BCUT2D eigenvalue weighted by atomic mass is 32.2. The molecule has 4 rings (SSSR count). The highest BCUT2D eigenvalue weighted by Crippen LogP contribution is 2.29. The molecule has 0 unspecified atom stereocenters. The molecule has 0 fully saturated rings. The van der Waals surface area contributed by atoms with E-state index in [-0.39, 0.29) is 0 Å². The van der Waals surface area contributed by atoms with Gasteiger partial charge in [-0.25, -0.2) is 0 Å². The number of fused-ring (bicyclic) bond motifs is 1. The lowest BCUT2D eigenvalue weighted by Crippen LogP contribution is -2.02. The molecule has 0 bridgehead atoms. The zero-order valence-electron chi connectivity index (χ0n) is 15.7. The van der Waals surface area contributed by atoms with Gasteiger partial charge >= 0.3 is 0 Å². The maximum absolute atomic E-state index is 4.51. The number of aryl methyl sites for hydroxylation is 1. The molecule has 0 aliphatic heterocycles. The van der Waals surface area contributed by atoms with Crippen LogP contribution < -0.4 is 0 Å². The highest BCUT2D eigenvalue weighted by molar-refractivity contribution is 7.98. The SMILES string of the molecule is CCCn1c(SCc2cccc3ccccc23)nnc1-c1cccc(C)c1. The Bertz CT molecular complexity index is 1060. The molecule has 4 aromatic rings. The average Bonchev–Trinajstić information content (AvgIpc) is 3.09. The first kappa shape index (κ1) is 17.8. The van der Waals surface area contributed by atoms with Gasteiger partial charge in [0, 0.05) is 17.9 Å². The number of thioether (sulfide) groups is 1. The molecule has 27 heavy (non-hydrogen) atoms. The van der Waals surface area contributed by atoms with Crippen molar-refractivity contribution in [2.75, 3.05) is 0 Å². The molecule has 0 spiro atoms. The Morgan fingerprint density at radius 3 is 2.59 bits per heavy atom. The Morgan fingerprint density at radius 2 is 1.74 bits per heavy atom. The molecule has 0 N–H and O–H groups in total. The van der Waals surface area contributed by atoms with Crippen LogP contribution in [0, 0.1) is 6.92 Å². The second-order valence-corrected chi connectivity index (χ2v) is 7.70. The van der Waals surface area contributed by atoms with Gasteiger partial charge in [-0.3, -0.25) is 0 Å². The van der Waals surface area contributed by atoms with Crippen molar-refractivity contribution in [3.63, 3.8) is 0 Å². The first-order valence-corrected chi connectivity index (χ1v) is 10.3. The van der Waals surface area contributed by atoms with Crippen LogP contribution in [0.1, 0.15) is 24.5 Å². The predicted molar refractivity (Wildman–Crippen MR) is 114 cm³/mol. The summed E-state index contributed by atoms with van der Waals surface area (Å²) >= 11 is 1.76. The summed E-state index contributed by atoms with van der Waals surface area (Å²) in [7, 11) is 0. The van der Waals surface area contributed by atoms with Crippen molar-refractivity contribution in [3.05, 3.63) is 77.9 Å². The van der Waals surface area contributed by atoms with Crippen LogP contribution in [0.3, 0.4) is 0 Å². The lowest BCUT2D eigenvalue weighted by molar-refractivity contribution is 0.626. The molecule has 0 saturated carbocycles. The monoisotopic (exact) mass is 373 g/mol. The van der Waals surface area contributed by atoms with E-state index in [1.165, 1.54) is 21.9 Å². The van der Waals surface area contributed by atoms with Crippen molar-refractivity contribution in [1.82, 2.24) is 14.8 Å². The number of nitrogens with zero attached hydrogens (tertiary/aromatic N) is 3. The minimum atomic E-state index is 0.886. The highest BCUT2D eigenvalue weighted by Gasteiger charge is 2.14. The zero-order chi connectivity index (χ0) is 18.6. The zero-order valence-corrected chi connectivity index (χ0v) is 16.5. The summed E-state index contributed by atoms with van der Waals surface area (Å²) in [6.45, 7) is 5.23. The van der Waals surface area contributed by atoms with Crippen molar-refractivity contribution < 1.29 is 0 Å². The van der Waals surface area contributed by atoms with Gasteiger partial charge in [-0.15, -0.1) is 10.2 Å². The summed E-state index contributed by atoms with van der Waals surface area (Å²) in [5, 5.41) is 12.6. The summed E-state index contributed by atoms with van der Waals surface area (Å²) in [5.41, 5.74) is 3.71. The van der Waals surface area contributed by atoms with Crippen LogP contribution in [0.2, 0.25) is 0 Å². The Balaban J connectivity index is 1.64. The van der Waals surface area contributed by atoms with Crippen LogP contribution in [0.4, 0.5) is 0 Å². The van der Waals surface area contributed by atoms with E-state index in [1.54, 1.807) is 11.8 Å². The molecule has 0 amide bonds. The minimum Gasteiger partial charge on any atom is -0.302 e. The van der Waals surface area contributed by atoms with E-state index in [9.17, 15) is 0 Å². The van der Waals surface area contributed by atoms with E-state index < -0.39 is 0 Å². The number of aromatic nitrogens is 3. The summed E-state index contributed by atoms with van der Waals surface area (Å²) in [6.07, 6.45) is 1.05. The fourth-order valence-electron chi connectivity index (χ4n) is 3.38. The first-order chi connectivity index (χ1) is 13.3. The molecule has 0 aliphatic rings. The molecule has 1 aromatic heterocycles. The van der Waals surface area contributed by atoms with Crippen LogP contribution in [0.25, 0.3) is 22.2 Å². The molecular weight excluding hydrogens is 350 g/mol. The van der Waals surface area contributed by atoms with Gasteiger partial charge in [-0.2, -0.15) is 0 Å². The minimum absolute atomic E-state index is 0.886. The molecule has 3 nitrogen and oxygen atoms in total. The largest absolute Gasteiger partial charge is 0.302 e. The van der Waals surface area contributed by atoms with E-state index in [2.05, 4.69) is 95.3 Å². The third-order valence-electron chi connectivity index (χ3n) is 4.68. The van der Waals surface area contributed by atoms with E-state index in [1.807, 2.05) is 0 Å². The van der Waals surface area contributed by atoms with Gasteiger partial charge in [-0.1, -0.05) is 84.9 Å². The fraction of sp³-hybridized carbons (Fsp3) is 0.217. The van der Waals surface area contributed by atoms with Crippen LogP contribution in [0.15, 0.2) is 71.9 Å². The fourth-order valence-corrected chi connectivity index (χ4v) is 4.35. The van der Waals surface area contributed by atoms with E-state index in [4.69, 9.17) is 0 Å². The summed E-state index contributed by atoms with van der Waals surface area (Å²) in [4.78, 5) is 0. The van der Waals surface area contributed by atoms with Gasteiger partial charge in [0.05, 0.1) is 0 Å². The number of hydrogen-bond donors (Lipinski definition) is 0. The molecule has 1 heterocycles. The average molecular weight is 374 g/mol. The van der Waals surface area contributed by atoms with E-state index in [0.29, 0.717) is 0 Å². The molecule has 136 valence electrons. The number of benzene rings is 3. The second-order valence-electron chi connectivity index (χ2n) is 6.75. The van der Waals surface area contributed by atoms with Crippen molar-refractivity contribution in [2.24, 2.45) is 0 Å². The van der Waals surface area contributed by atoms with Crippen molar-refractivity contribution in [2.45, 2.75) is 37.7 Å². The normalized spacial score (nSPS) is 11.2. The lowest BCUT2D eigenvalue weighted by atomic mass is 10.1. The Labute approximate surface area is 164 Å². The van der Waals surface area contributed by atoms with Gasteiger partial charge in [-0.05, 0) is 35.7 Å². The molecule has 0 aliphatic carbocycles. The van der Waals surface area contributed by atoms with Crippen LogP contribution >= 0.6 is 11.8 Å². The van der Waals surface area contributed by atoms with Crippen molar-refractivity contribution in [1.29, 1.82) is 0 Å². The molecule has 0 atom stereocenters. The maximum Gasteiger partial charge on any atom is 0.191 e. The number of rotatable bonds is 6. The standard InChI is InChI=1S/C23H23N3S/c1-3-14-26-22(19-11-6-8-17(2)15-19)24-25-23(26)27-16-20-12-7-10-18-9-4-5-13-21(18)20/h4-13,15H,3,14,16H2,1-2H3. The Hall–Kier alpha value is -2.59. The molecule has 4 heteroatoms. The van der Waals surface area contributed by atoms with Crippen LogP contribution in [0.5, 0.6) is 0 Å². The Kier molecular flexibility index (Phi) is 5.26. The smallest absolute Gasteiger partial charge is 0.191 e. The molecular formula is C23H23N3S. The van der Waals surface area contributed by atoms with Gasteiger partial charge in [0.2, 0.25) is 0 Å². The quantitative estimate of drug-likeness (QED) is 0.382. The van der Waals surface area contributed by atoms with Crippen LogP contribution in [-0.4, -0.2) is 14.8 Å². The van der Waals surface area contributed by atoms with Crippen molar-refractivity contribution >= 4 is 22.5 Å². The molecule has 3 aromatic carbocycles. The Morgan fingerprint density at radius 1 is 0.926 bits per heavy atom. The maximum atomic E-state index is 4.51. The molecule has 0 radical (unpaired) electrons. The third-order valence-corrected chi connectivity index (χ3v) is 5.69. The van der Waals surface area contributed by atoms with Gasteiger partial charge < -0.3 is 4.57 Å². The summed E-state index contributed by atoms with van der Waals surface area (Å²) in [5.74, 6) is 1.85. The second kappa shape index (κ2) is 7.97. The summed E-state index contributed by atoms with van der Waals surface area (Å²) in [6, 6.07) is 23.5. The lowest BCUT2D eigenvalue weighted by Gasteiger charge is -2.10. The summed E-state index contributed by atoms with van der Waals surface area (Å²) < 4.78 is 2.25. The molecule has 0 saturated heterocycles. The van der Waals surface area contributed by atoms with Crippen LogP contribution in [-0.2, 0) is 12.3 Å². The predicted octanol–water partition coefficient (Wildman–Crippen LogP) is 6.11. The topological polar surface area (TPSA) is 30.7 Å². The first-order valence-electron chi connectivity index (χ1n) is 9.36.